The number of anilines is 1. The number of sulfone groups is 1. The van der Waals surface area contributed by atoms with E-state index in [-0.39, 0.29) is 5.75 Å². The number of methoxy groups -OCH3 is 1. The third-order valence-corrected chi connectivity index (χ3v) is 5.23. The van der Waals surface area contributed by atoms with Crippen molar-refractivity contribution >= 4 is 15.5 Å². The van der Waals surface area contributed by atoms with Crippen LogP contribution in [0.5, 0.6) is 0 Å². The molecule has 1 aliphatic carbocycles. The second-order valence-corrected chi connectivity index (χ2v) is 7.25. The minimum atomic E-state index is -3.11. The summed E-state index contributed by atoms with van der Waals surface area (Å²) in [6.07, 6.45) is 2.48. The number of ether oxygens (including phenoxy) is 1. The Morgan fingerprint density at radius 3 is 2.42 bits per heavy atom. The molecule has 1 aromatic carbocycles. The molecule has 0 bridgehead atoms. The highest BCUT2D eigenvalue weighted by Crippen LogP contribution is 2.34. The van der Waals surface area contributed by atoms with E-state index in [1.165, 1.54) is 12.8 Å². The van der Waals surface area contributed by atoms with Gasteiger partial charge in [0.15, 0.2) is 9.84 Å². The molecule has 2 rings (SSSR count). The van der Waals surface area contributed by atoms with Gasteiger partial charge in [-0.1, -0.05) is 6.92 Å². The second kappa shape index (κ2) is 5.92. The van der Waals surface area contributed by atoms with Crippen molar-refractivity contribution in [3.63, 3.8) is 0 Å². The molecule has 0 amide bonds. The zero-order chi connectivity index (χ0) is 13.9. The van der Waals surface area contributed by atoms with Crippen LogP contribution in [0.15, 0.2) is 29.2 Å². The molecule has 0 radical (unpaired) electrons. The number of hydrogen-bond acceptors (Lipinski definition) is 4. The molecular formula is C14H21NO3S. The van der Waals surface area contributed by atoms with Crippen LogP contribution in [-0.4, -0.2) is 33.9 Å². The van der Waals surface area contributed by atoms with Gasteiger partial charge in [0, 0.05) is 12.8 Å². The lowest BCUT2D eigenvalue weighted by Gasteiger charge is -2.18. The lowest BCUT2D eigenvalue weighted by atomic mass is 10.2. The smallest absolute Gasteiger partial charge is 0.178 e. The molecule has 1 saturated carbocycles. The van der Waals surface area contributed by atoms with Gasteiger partial charge in [0.2, 0.25) is 0 Å². The lowest BCUT2D eigenvalue weighted by Crippen LogP contribution is -2.27. The average Bonchev–Trinajstić information content (AvgIpc) is 3.23. The van der Waals surface area contributed by atoms with Crippen molar-refractivity contribution in [2.24, 2.45) is 5.92 Å². The zero-order valence-corrected chi connectivity index (χ0v) is 12.2. The fourth-order valence-electron chi connectivity index (χ4n) is 2.11. The third kappa shape index (κ3) is 3.70. The van der Waals surface area contributed by atoms with E-state index in [1.807, 2.05) is 12.1 Å². The summed E-state index contributed by atoms with van der Waals surface area (Å²) in [5.41, 5.74) is 0.948. The maximum absolute atomic E-state index is 11.7. The fraction of sp³-hybridized carbons (Fsp3) is 0.571. The summed E-state index contributed by atoms with van der Waals surface area (Å²) in [5, 5.41) is 3.42. The van der Waals surface area contributed by atoms with Gasteiger partial charge in [0.05, 0.1) is 23.3 Å². The third-order valence-electron chi connectivity index (χ3n) is 3.48. The van der Waals surface area contributed by atoms with Gasteiger partial charge in [0.25, 0.3) is 0 Å². The highest BCUT2D eigenvalue weighted by molar-refractivity contribution is 7.91. The Kier molecular flexibility index (Phi) is 4.47. The Morgan fingerprint density at radius 1 is 1.32 bits per heavy atom. The Hall–Kier alpha value is -1.07. The van der Waals surface area contributed by atoms with E-state index in [1.54, 1.807) is 26.2 Å². The minimum absolute atomic E-state index is 0.133. The van der Waals surface area contributed by atoms with E-state index < -0.39 is 9.84 Å². The van der Waals surface area contributed by atoms with Crippen molar-refractivity contribution in [1.82, 2.24) is 0 Å². The Bertz CT molecular complexity index is 506. The van der Waals surface area contributed by atoms with Gasteiger partial charge in [0.1, 0.15) is 0 Å². The first-order valence-corrected chi connectivity index (χ1v) is 8.30. The number of nitrogens with one attached hydrogen (secondary N) is 1. The minimum Gasteiger partial charge on any atom is -0.383 e. The molecule has 106 valence electrons. The summed E-state index contributed by atoms with van der Waals surface area (Å²) in [6.45, 7) is 2.34. The lowest BCUT2D eigenvalue weighted by molar-refractivity contribution is 0.179. The monoisotopic (exact) mass is 283 g/mol. The molecule has 1 N–H and O–H groups in total. The molecular weight excluding hydrogens is 262 g/mol. The van der Waals surface area contributed by atoms with Crippen molar-refractivity contribution < 1.29 is 13.2 Å². The van der Waals surface area contributed by atoms with Gasteiger partial charge in [-0.25, -0.2) is 8.42 Å². The molecule has 0 heterocycles. The Balaban J connectivity index is 2.05. The van der Waals surface area contributed by atoms with Gasteiger partial charge >= 0.3 is 0 Å². The van der Waals surface area contributed by atoms with Crippen LogP contribution >= 0.6 is 0 Å². The van der Waals surface area contributed by atoms with Crippen LogP contribution in [0, 0.1) is 5.92 Å². The highest BCUT2D eigenvalue weighted by Gasteiger charge is 2.31. The molecule has 1 fully saturated rings. The summed E-state index contributed by atoms with van der Waals surface area (Å²) in [4.78, 5) is 0.385. The fourth-order valence-corrected chi connectivity index (χ4v) is 3.00. The van der Waals surface area contributed by atoms with Crippen molar-refractivity contribution in [1.29, 1.82) is 0 Å². The SMILES string of the molecule is CCS(=O)(=O)c1ccc(NC(COC)C2CC2)cc1. The summed E-state index contributed by atoms with van der Waals surface area (Å²) < 4.78 is 28.6. The zero-order valence-electron chi connectivity index (χ0n) is 11.4. The number of rotatable bonds is 7. The van der Waals surface area contributed by atoms with Crippen LogP contribution in [0.1, 0.15) is 19.8 Å². The van der Waals surface area contributed by atoms with Crippen molar-refractivity contribution in [2.45, 2.75) is 30.7 Å². The van der Waals surface area contributed by atoms with E-state index in [2.05, 4.69) is 5.32 Å². The molecule has 1 aliphatic rings. The normalized spacial score (nSPS) is 17.2. The molecule has 19 heavy (non-hydrogen) atoms. The van der Waals surface area contributed by atoms with Gasteiger partial charge in [-0.05, 0) is 43.0 Å². The molecule has 0 aromatic heterocycles. The molecule has 0 aliphatic heterocycles. The molecule has 1 aromatic rings. The summed E-state index contributed by atoms with van der Waals surface area (Å²) in [7, 11) is -1.41. The maximum Gasteiger partial charge on any atom is 0.178 e. The highest BCUT2D eigenvalue weighted by atomic mass is 32.2. The van der Waals surface area contributed by atoms with Crippen LogP contribution in [0.2, 0.25) is 0 Å². The first-order valence-electron chi connectivity index (χ1n) is 6.65. The second-order valence-electron chi connectivity index (χ2n) is 4.97. The molecule has 0 saturated heterocycles. The van der Waals surface area contributed by atoms with Gasteiger partial charge < -0.3 is 10.1 Å². The Morgan fingerprint density at radius 2 is 1.95 bits per heavy atom. The van der Waals surface area contributed by atoms with Crippen LogP contribution in [0.25, 0.3) is 0 Å². The summed E-state index contributed by atoms with van der Waals surface area (Å²) in [6, 6.07) is 7.30. The standard InChI is InChI=1S/C14H21NO3S/c1-3-19(16,17)13-8-6-12(7-9-13)15-14(10-18-2)11-4-5-11/h6-9,11,14-15H,3-5,10H2,1-2H3. The maximum atomic E-state index is 11.7. The van der Waals surface area contributed by atoms with E-state index >= 15 is 0 Å². The van der Waals surface area contributed by atoms with Crippen molar-refractivity contribution in [3.05, 3.63) is 24.3 Å². The quantitative estimate of drug-likeness (QED) is 0.834. The van der Waals surface area contributed by atoms with Gasteiger partial charge in [-0.3, -0.25) is 0 Å². The summed E-state index contributed by atoms with van der Waals surface area (Å²) in [5.74, 6) is 0.813. The van der Waals surface area contributed by atoms with E-state index in [9.17, 15) is 8.42 Å². The van der Waals surface area contributed by atoms with E-state index in [0.717, 1.165) is 5.69 Å². The van der Waals surface area contributed by atoms with Crippen LogP contribution in [0.4, 0.5) is 5.69 Å². The Labute approximate surface area is 115 Å². The largest absolute Gasteiger partial charge is 0.383 e. The average molecular weight is 283 g/mol. The molecule has 0 spiro atoms. The van der Waals surface area contributed by atoms with E-state index in [0.29, 0.717) is 23.5 Å². The number of hydrogen-bond donors (Lipinski definition) is 1. The van der Waals surface area contributed by atoms with Crippen molar-refractivity contribution in [3.8, 4) is 0 Å². The van der Waals surface area contributed by atoms with Crippen molar-refractivity contribution in [2.75, 3.05) is 24.8 Å². The van der Waals surface area contributed by atoms with E-state index in [4.69, 9.17) is 4.74 Å². The number of benzene rings is 1. The van der Waals surface area contributed by atoms with Crippen LogP contribution in [-0.2, 0) is 14.6 Å². The van der Waals surface area contributed by atoms with Gasteiger partial charge in [-0.15, -0.1) is 0 Å². The summed E-state index contributed by atoms with van der Waals surface area (Å²) >= 11 is 0. The van der Waals surface area contributed by atoms with Crippen LogP contribution < -0.4 is 5.32 Å². The molecule has 4 nitrogen and oxygen atoms in total. The predicted octanol–water partition coefficient (Wildman–Crippen LogP) is 2.32. The first-order chi connectivity index (χ1) is 9.06. The molecule has 5 heteroatoms. The molecule has 1 unspecified atom stereocenters. The molecule has 1 atom stereocenters. The van der Waals surface area contributed by atoms with Crippen LogP contribution in [0.3, 0.4) is 0 Å². The predicted molar refractivity (Wildman–Crippen MR) is 76.2 cm³/mol. The first kappa shape index (κ1) is 14.3. The van der Waals surface area contributed by atoms with Gasteiger partial charge in [-0.2, -0.15) is 0 Å². The topological polar surface area (TPSA) is 55.4 Å².